The minimum atomic E-state index is -3.49. The van der Waals surface area contributed by atoms with E-state index in [1.54, 1.807) is 6.92 Å². The smallest absolute Gasteiger partial charge is 0.315 e. The maximum absolute atomic E-state index is 13.1. The summed E-state index contributed by atoms with van der Waals surface area (Å²) in [7, 11) is -3.49. The molecular weight excluding hydrogens is 309 g/mol. The third kappa shape index (κ3) is 2.52. The van der Waals surface area contributed by atoms with E-state index in [2.05, 4.69) is 0 Å². The van der Waals surface area contributed by atoms with Crippen LogP contribution in [0.4, 0.5) is 4.39 Å². The Labute approximate surface area is 129 Å². The van der Waals surface area contributed by atoms with E-state index in [9.17, 15) is 17.6 Å². The normalized spacial score (nSPS) is 27.5. The first-order valence-corrected chi connectivity index (χ1v) is 8.91. The zero-order valence-electron chi connectivity index (χ0n) is 12.6. The summed E-state index contributed by atoms with van der Waals surface area (Å²) in [6.07, 6.45) is 0. The largest absolute Gasteiger partial charge is 0.465 e. The van der Waals surface area contributed by atoms with Crippen LogP contribution in [0.3, 0.4) is 0 Å². The molecule has 1 aromatic rings. The number of rotatable bonds is 6. The predicted octanol–water partition coefficient (Wildman–Crippen LogP) is 1.23. The van der Waals surface area contributed by atoms with Crippen LogP contribution < -0.4 is 5.73 Å². The number of halogens is 1. The molecule has 0 radical (unpaired) electrons. The highest BCUT2D eigenvalue weighted by atomic mass is 32.2. The second-order valence-electron chi connectivity index (χ2n) is 5.37. The average Bonchev–Trinajstić information content (AvgIpc) is 3.20. The summed E-state index contributed by atoms with van der Waals surface area (Å²) in [6.45, 7) is 3.20. The molecule has 2 N–H and O–H groups in total. The molecule has 0 spiro atoms. The number of benzene rings is 1. The van der Waals surface area contributed by atoms with Gasteiger partial charge < -0.3 is 10.5 Å². The first kappa shape index (κ1) is 16.9. The Bertz CT molecular complexity index is 659. The third-order valence-corrected chi connectivity index (χ3v) is 6.54. The third-order valence-electron chi connectivity index (χ3n) is 4.27. The van der Waals surface area contributed by atoms with Gasteiger partial charge in [-0.25, -0.2) is 12.8 Å². The van der Waals surface area contributed by atoms with Crippen LogP contribution in [0.15, 0.2) is 24.3 Å². The van der Waals surface area contributed by atoms with Crippen molar-refractivity contribution in [3.63, 3.8) is 0 Å². The van der Waals surface area contributed by atoms with Crippen molar-refractivity contribution in [2.75, 3.05) is 18.9 Å². The highest BCUT2D eigenvalue weighted by molar-refractivity contribution is 7.92. The van der Waals surface area contributed by atoms with E-state index in [-0.39, 0.29) is 18.9 Å². The van der Waals surface area contributed by atoms with Crippen molar-refractivity contribution in [3.05, 3.63) is 35.6 Å². The molecule has 2 rings (SSSR count). The van der Waals surface area contributed by atoms with Gasteiger partial charge in [0.05, 0.1) is 11.9 Å². The molecule has 1 aromatic carbocycles. The summed E-state index contributed by atoms with van der Waals surface area (Å²) in [5, 5.41) is -0.917. The average molecular weight is 329 g/mol. The fraction of sp³-hybridized carbons (Fsp3) is 0.533. The molecule has 0 saturated heterocycles. The molecule has 1 saturated carbocycles. The molecule has 1 fully saturated rings. The van der Waals surface area contributed by atoms with Crippen LogP contribution in [0, 0.1) is 11.2 Å². The van der Waals surface area contributed by atoms with Gasteiger partial charge in [-0.1, -0.05) is 19.1 Å². The van der Waals surface area contributed by atoms with E-state index in [4.69, 9.17) is 10.5 Å². The van der Waals surface area contributed by atoms with Crippen LogP contribution in [-0.4, -0.2) is 38.5 Å². The molecule has 1 aliphatic carbocycles. The summed E-state index contributed by atoms with van der Waals surface area (Å²) in [4.78, 5) is 12.3. The molecule has 0 bridgehead atoms. The molecule has 0 aliphatic heterocycles. The molecule has 5 nitrogen and oxygen atoms in total. The van der Waals surface area contributed by atoms with Gasteiger partial charge >= 0.3 is 5.97 Å². The van der Waals surface area contributed by atoms with Crippen LogP contribution >= 0.6 is 0 Å². The Morgan fingerprint density at radius 3 is 2.36 bits per heavy atom. The summed E-state index contributed by atoms with van der Waals surface area (Å²) in [5.74, 6) is -1.71. The quantitative estimate of drug-likeness (QED) is 0.793. The van der Waals surface area contributed by atoms with E-state index in [0.717, 1.165) is 0 Å². The topological polar surface area (TPSA) is 86.5 Å². The minimum absolute atomic E-state index is 0.0868. The number of hydrogen-bond acceptors (Lipinski definition) is 5. The van der Waals surface area contributed by atoms with Gasteiger partial charge in [0.2, 0.25) is 0 Å². The molecule has 1 aliphatic rings. The summed E-state index contributed by atoms with van der Waals surface area (Å²) < 4.78 is 42.9. The van der Waals surface area contributed by atoms with Gasteiger partial charge in [-0.15, -0.1) is 0 Å². The van der Waals surface area contributed by atoms with Gasteiger partial charge in [0, 0.05) is 18.2 Å². The van der Waals surface area contributed by atoms with Crippen LogP contribution in [0.1, 0.15) is 25.3 Å². The van der Waals surface area contributed by atoms with Gasteiger partial charge in [0.15, 0.2) is 9.84 Å². The number of carbonyl (C=O) groups excluding carboxylic acids is 1. The highest BCUT2D eigenvalue weighted by Gasteiger charge is 2.74. The Hall–Kier alpha value is -1.47. The lowest BCUT2D eigenvalue weighted by atomic mass is 9.99. The van der Waals surface area contributed by atoms with Crippen molar-refractivity contribution < 1.29 is 22.3 Å². The lowest BCUT2D eigenvalue weighted by Gasteiger charge is -2.14. The monoisotopic (exact) mass is 329 g/mol. The first-order chi connectivity index (χ1) is 10.3. The first-order valence-electron chi connectivity index (χ1n) is 7.19. The molecule has 22 heavy (non-hydrogen) atoms. The molecule has 122 valence electrons. The van der Waals surface area contributed by atoms with Gasteiger partial charge in [-0.3, -0.25) is 4.79 Å². The Morgan fingerprint density at radius 2 is 1.91 bits per heavy atom. The lowest BCUT2D eigenvalue weighted by molar-refractivity contribution is -0.149. The van der Waals surface area contributed by atoms with Crippen LogP contribution in [0.25, 0.3) is 0 Å². The fourth-order valence-corrected chi connectivity index (χ4v) is 5.16. The maximum atomic E-state index is 13.1. The molecule has 0 amide bonds. The number of esters is 1. The lowest BCUT2D eigenvalue weighted by Crippen LogP contribution is -2.34. The molecule has 7 heteroatoms. The van der Waals surface area contributed by atoms with E-state index < -0.39 is 38.2 Å². The van der Waals surface area contributed by atoms with E-state index in [0.29, 0.717) is 5.56 Å². The number of nitrogens with two attached hydrogens (primary N) is 1. The molecule has 3 atom stereocenters. The Balaban J connectivity index is 2.49. The molecule has 0 heterocycles. The van der Waals surface area contributed by atoms with Crippen molar-refractivity contribution in [1.29, 1.82) is 0 Å². The Kier molecular flexibility index (Phi) is 4.58. The Morgan fingerprint density at radius 1 is 1.32 bits per heavy atom. The molecule has 0 aromatic heterocycles. The summed E-state index contributed by atoms with van der Waals surface area (Å²) >= 11 is 0. The SMILES string of the molecule is CCOC(=O)C1(CN)C(c2ccc(F)cc2)C1S(=O)(=O)CC. The molecular formula is C15H20FNO4S. The van der Waals surface area contributed by atoms with Gasteiger partial charge in [0.1, 0.15) is 11.2 Å². The predicted molar refractivity (Wildman–Crippen MR) is 80.5 cm³/mol. The van der Waals surface area contributed by atoms with Crippen LogP contribution in [0.2, 0.25) is 0 Å². The van der Waals surface area contributed by atoms with E-state index in [1.807, 2.05) is 0 Å². The molecule has 3 unspecified atom stereocenters. The number of carbonyl (C=O) groups is 1. The van der Waals surface area contributed by atoms with Gasteiger partial charge in [-0.05, 0) is 24.6 Å². The summed E-state index contributed by atoms with van der Waals surface area (Å²) in [6, 6.07) is 5.48. The zero-order valence-corrected chi connectivity index (χ0v) is 13.4. The minimum Gasteiger partial charge on any atom is -0.465 e. The highest BCUT2D eigenvalue weighted by Crippen LogP contribution is 2.63. The number of ether oxygens (including phenoxy) is 1. The second kappa shape index (κ2) is 5.96. The van der Waals surface area contributed by atoms with Crippen molar-refractivity contribution in [2.45, 2.75) is 25.0 Å². The van der Waals surface area contributed by atoms with Crippen molar-refractivity contribution in [3.8, 4) is 0 Å². The number of hydrogen-bond donors (Lipinski definition) is 1. The van der Waals surface area contributed by atoms with E-state index >= 15 is 0 Å². The fourth-order valence-electron chi connectivity index (χ4n) is 3.09. The van der Waals surface area contributed by atoms with Gasteiger partial charge in [0.25, 0.3) is 0 Å². The summed E-state index contributed by atoms with van der Waals surface area (Å²) in [5.41, 5.74) is 5.07. The standard InChI is InChI=1S/C15H20FNO4S/c1-3-21-14(18)15(9-17)12(13(15)22(19,20)4-2)10-5-7-11(16)8-6-10/h5-8,12-13H,3-4,9,17H2,1-2H3. The van der Waals surface area contributed by atoms with E-state index in [1.165, 1.54) is 31.2 Å². The number of sulfone groups is 1. The van der Waals surface area contributed by atoms with Gasteiger partial charge in [-0.2, -0.15) is 0 Å². The maximum Gasteiger partial charge on any atom is 0.315 e. The second-order valence-corrected chi connectivity index (χ2v) is 7.78. The zero-order chi connectivity index (χ0) is 16.5. The van der Waals surface area contributed by atoms with Crippen LogP contribution in [0.5, 0.6) is 0 Å². The van der Waals surface area contributed by atoms with Crippen molar-refractivity contribution >= 4 is 15.8 Å². The van der Waals surface area contributed by atoms with Crippen molar-refractivity contribution in [2.24, 2.45) is 11.1 Å². The van der Waals surface area contributed by atoms with Crippen LogP contribution in [-0.2, 0) is 19.4 Å². The van der Waals surface area contributed by atoms with Crippen molar-refractivity contribution in [1.82, 2.24) is 0 Å².